The Morgan fingerprint density at radius 2 is 1.94 bits per heavy atom. The molecule has 0 aliphatic rings. The summed E-state index contributed by atoms with van der Waals surface area (Å²) in [5, 5.41) is 9.46. The van der Waals surface area contributed by atoms with Crippen molar-refractivity contribution in [3.63, 3.8) is 0 Å². The van der Waals surface area contributed by atoms with Gasteiger partial charge in [0.15, 0.2) is 6.29 Å². The molecule has 17 heavy (non-hydrogen) atoms. The van der Waals surface area contributed by atoms with E-state index in [2.05, 4.69) is 6.58 Å². The van der Waals surface area contributed by atoms with Crippen molar-refractivity contribution < 1.29 is 9.90 Å². The molecule has 1 heterocycles. The lowest BCUT2D eigenvalue weighted by Gasteiger charge is -2.10. The van der Waals surface area contributed by atoms with Gasteiger partial charge in [0.2, 0.25) is 0 Å². The zero-order valence-electron chi connectivity index (χ0n) is 9.34. The second-order valence-corrected chi connectivity index (χ2v) is 3.78. The van der Waals surface area contributed by atoms with Gasteiger partial charge in [0, 0.05) is 6.54 Å². The molecule has 0 saturated carbocycles. The second kappa shape index (κ2) is 4.70. The van der Waals surface area contributed by atoms with E-state index in [1.165, 1.54) is 0 Å². The highest BCUT2D eigenvalue weighted by atomic mass is 16.3. The Bertz CT molecular complexity index is 541. The van der Waals surface area contributed by atoms with Gasteiger partial charge >= 0.3 is 0 Å². The summed E-state index contributed by atoms with van der Waals surface area (Å²) in [5.74, 6) is -0.0333. The van der Waals surface area contributed by atoms with Gasteiger partial charge in [0.05, 0.1) is 11.4 Å². The van der Waals surface area contributed by atoms with Gasteiger partial charge in [0.1, 0.15) is 5.76 Å². The molecule has 1 aromatic heterocycles. The van der Waals surface area contributed by atoms with Crippen LogP contribution in [-0.4, -0.2) is 16.0 Å². The lowest BCUT2D eigenvalue weighted by molar-refractivity contribution is 0.111. The Hall–Kier alpha value is -2.29. The van der Waals surface area contributed by atoms with Crippen molar-refractivity contribution >= 4 is 12.0 Å². The number of carbonyl (C=O) groups excluding carboxylic acids is 1. The number of aldehydes is 1. The molecular weight excluding hydrogens is 214 g/mol. The monoisotopic (exact) mass is 227 g/mol. The van der Waals surface area contributed by atoms with Crippen LogP contribution in [0.2, 0.25) is 0 Å². The Labute approximate surface area is 99.6 Å². The summed E-state index contributed by atoms with van der Waals surface area (Å²) in [7, 11) is 0. The first-order chi connectivity index (χ1) is 8.22. The molecule has 1 N–H and O–H groups in total. The molecule has 86 valence electrons. The molecule has 1 aromatic carbocycles. The maximum atomic E-state index is 10.9. The van der Waals surface area contributed by atoms with Crippen LogP contribution in [0.5, 0.6) is 0 Å². The summed E-state index contributed by atoms with van der Waals surface area (Å²) in [6, 6.07) is 13.1. The van der Waals surface area contributed by atoms with Gasteiger partial charge in [-0.05, 0) is 17.7 Å². The maximum absolute atomic E-state index is 10.9. The van der Waals surface area contributed by atoms with Crippen LogP contribution < -0.4 is 0 Å². The highest BCUT2D eigenvalue weighted by molar-refractivity contribution is 5.74. The molecular formula is C14H13NO2. The summed E-state index contributed by atoms with van der Waals surface area (Å²) in [6.45, 7) is 4.03. The quantitative estimate of drug-likeness (QED) is 0.644. The second-order valence-electron chi connectivity index (χ2n) is 3.78. The Kier molecular flexibility index (Phi) is 3.10. The van der Waals surface area contributed by atoms with Crippen LogP contribution in [0.15, 0.2) is 49.0 Å². The molecule has 0 spiro atoms. The van der Waals surface area contributed by atoms with Gasteiger partial charge in [-0.3, -0.25) is 4.79 Å². The van der Waals surface area contributed by atoms with Crippen LogP contribution in [0.1, 0.15) is 21.7 Å². The van der Waals surface area contributed by atoms with Crippen molar-refractivity contribution in [1.29, 1.82) is 0 Å². The van der Waals surface area contributed by atoms with Crippen LogP contribution in [0.4, 0.5) is 0 Å². The minimum Gasteiger partial charge on any atom is -0.506 e. The molecule has 0 saturated heterocycles. The SMILES string of the molecule is C=C(O)c1ccc(C=O)n1Cc1ccccc1. The number of carbonyl (C=O) groups is 1. The van der Waals surface area contributed by atoms with E-state index in [-0.39, 0.29) is 5.76 Å². The van der Waals surface area contributed by atoms with E-state index in [1.807, 2.05) is 30.3 Å². The normalized spacial score (nSPS) is 10.1. The van der Waals surface area contributed by atoms with Crippen LogP contribution in [-0.2, 0) is 6.54 Å². The predicted octanol–water partition coefficient (Wildman–Crippen LogP) is 2.88. The van der Waals surface area contributed by atoms with E-state index in [0.29, 0.717) is 17.9 Å². The predicted molar refractivity (Wildman–Crippen MR) is 67.0 cm³/mol. The van der Waals surface area contributed by atoms with E-state index in [9.17, 15) is 9.90 Å². The van der Waals surface area contributed by atoms with Gasteiger partial charge in [0.25, 0.3) is 0 Å². The number of aliphatic hydroxyl groups excluding tert-OH is 1. The number of hydrogen-bond acceptors (Lipinski definition) is 2. The molecule has 2 rings (SSSR count). The van der Waals surface area contributed by atoms with Crippen molar-refractivity contribution in [3.05, 3.63) is 66.0 Å². The first-order valence-electron chi connectivity index (χ1n) is 5.29. The molecule has 0 radical (unpaired) electrons. The number of rotatable bonds is 4. The van der Waals surface area contributed by atoms with Gasteiger partial charge in [-0.25, -0.2) is 0 Å². The van der Waals surface area contributed by atoms with Gasteiger partial charge in [-0.15, -0.1) is 0 Å². The summed E-state index contributed by atoms with van der Waals surface area (Å²) in [4.78, 5) is 10.9. The smallest absolute Gasteiger partial charge is 0.166 e. The Morgan fingerprint density at radius 1 is 1.24 bits per heavy atom. The van der Waals surface area contributed by atoms with Crippen LogP contribution in [0, 0.1) is 0 Å². The number of nitrogens with zero attached hydrogens (tertiary/aromatic N) is 1. The summed E-state index contributed by atoms with van der Waals surface area (Å²) >= 11 is 0. The minimum atomic E-state index is -0.0333. The van der Waals surface area contributed by atoms with Gasteiger partial charge in [-0.1, -0.05) is 36.9 Å². The maximum Gasteiger partial charge on any atom is 0.166 e. The van der Waals surface area contributed by atoms with Crippen LogP contribution in [0.3, 0.4) is 0 Å². The van der Waals surface area contributed by atoms with Crippen LogP contribution in [0.25, 0.3) is 5.76 Å². The molecule has 0 unspecified atom stereocenters. The molecule has 2 aromatic rings. The zero-order chi connectivity index (χ0) is 12.3. The molecule has 3 heteroatoms. The van der Waals surface area contributed by atoms with Crippen molar-refractivity contribution in [2.45, 2.75) is 6.54 Å². The fraction of sp³-hybridized carbons (Fsp3) is 0.0714. The standard InChI is InChI=1S/C14H13NO2/c1-11(17)14-8-7-13(10-16)15(14)9-12-5-3-2-4-6-12/h2-8,10,17H,1,9H2. The Balaban J connectivity index is 2.40. The fourth-order valence-electron chi connectivity index (χ4n) is 1.78. The molecule has 0 amide bonds. The molecule has 3 nitrogen and oxygen atoms in total. The van der Waals surface area contributed by atoms with Crippen molar-refractivity contribution in [3.8, 4) is 0 Å². The van der Waals surface area contributed by atoms with Crippen LogP contribution >= 0.6 is 0 Å². The first-order valence-corrected chi connectivity index (χ1v) is 5.29. The molecule has 0 aliphatic heterocycles. The minimum absolute atomic E-state index is 0.0333. The average molecular weight is 227 g/mol. The van der Waals surface area contributed by atoms with E-state index in [1.54, 1.807) is 16.7 Å². The molecule has 0 aliphatic carbocycles. The van der Waals surface area contributed by atoms with E-state index in [0.717, 1.165) is 11.8 Å². The van der Waals surface area contributed by atoms with Crippen molar-refractivity contribution in [1.82, 2.24) is 4.57 Å². The fourth-order valence-corrected chi connectivity index (χ4v) is 1.78. The van der Waals surface area contributed by atoms with Crippen molar-refractivity contribution in [2.24, 2.45) is 0 Å². The third-order valence-corrected chi connectivity index (χ3v) is 2.61. The lowest BCUT2D eigenvalue weighted by atomic mass is 10.2. The highest BCUT2D eigenvalue weighted by Gasteiger charge is 2.09. The van der Waals surface area contributed by atoms with E-state index in [4.69, 9.17) is 0 Å². The third-order valence-electron chi connectivity index (χ3n) is 2.61. The Morgan fingerprint density at radius 3 is 2.53 bits per heavy atom. The summed E-state index contributed by atoms with van der Waals surface area (Å²) in [6.07, 6.45) is 0.773. The first kappa shape index (κ1) is 11.2. The molecule has 0 fully saturated rings. The zero-order valence-corrected chi connectivity index (χ0v) is 9.34. The average Bonchev–Trinajstić information content (AvgIpc) is 2.73. The van der Waals surface area contributed by atoms with Crippen molar-refractivity contribution in [2.75, 3.05) is 0 Å². The highest BCUT2D eigenvalue weighted by Crippen LogP contribution is 2.16. The number of aromatic nitrogens is 1. The van der Waals surface area contributed by atoms with E-state index < -0.39 is 0 Å². The lowest BCUT2D eigenvalue weighted by Crippen LogP contribution is -2.07. The number of hydrogen-bond donors (Lipinski definition) is 1. The number of aliphatic hydroxyl groups is 1. The molecule has 0 atom stereocenters. The topological polar surface area (TPSA) is 42.2 Å². The third kappa shape index (κ3) is 2.28. The van der Waals surface area contributed by atoms with Gasteiger partial charge < -0.3 is 9.67 Å². The summed E-state index contributed by atoms with van der Waals surface area (Å²) < 4.78 is 1.74. The number of benzene rings is 1. The largest absolute Gasteiger partial charge is 0.506 e. The summed E-state index contributed by atoms with van der Waals surface area (Å²) in [5.41, 5.74) is 2.16. The van der Waals surface area contributed by atoms with Gasteiger partial charge in [-0.2, -0.15) is 0 Å². The molecule has 0 bridgehead atoms. The van der Waals surface area contributed by atoms with E-state index >= 15 is 0 Å².